The fourth-order valence-electron chi connectivity index (χ4n) is 1.60. The smallest absolute Gasteiger partial charge is 0.0570 e. The van der Waals surface area contributed by atoms with Crippen molar-refractivity contribution in [2.75, 3.05) is 0 Å². The fraction of sp³-hybridized carbons (Fsp3) is 0.462. The summed E-state index contributed by atoms with van der Waals surface area (Å²) in [4.78, 5) is 4.33. The molecular formula is C13H20N2. The maximum atomic E-state index is 4.33. The Bertz CT molecular complexity index is 282. The van der Waals surface area contributed by atoms with Gasteiger partial charge in [-0.05, 0) is 38.8 Å². The first-order valence-corrected chi connectivity index (χ1v) is 5.52. The quantitative estimate of drug-likeness (QED) is 0.720. The number of hydrogen-bond donors (Lipinski definition) is 1. The van der Waals surface area contributed by atoms with Crippen LogP contribution in [0.1, 0.15) is 38.4 Å². The predicted molar refractivity (Wildman–Crippen MR) is 64.7 cm³/mol. The third kappa shape index (κ3) is 4.26. The van der Waals surface area contributed by atoms with Crippen molar-refractivity contribution in [1.29, 1.82) is 0 Å². The van der Waals surface area contributed by atoms with Gasteiger partial charge in [-0.1, -0.05) is 12.1 Å². The molecule has 2 atom stereocenters. The number of hydrogen-bond acceptors (Lipinski definition) is 2. The molecular weight excluding hydrogens is 184 g/mol. The highest BCUT2D eigenvalue weighted by Crippen LogP contribution is 2.10. The number of pyridine rings is 1. The maximum Gasteiger partial charge on any atom is 0.0570 e. The van der Waals surface area contributed by atoms with E-state index in [0.717, 1.165) is 18.5 Å². The van der Waals surface area contributed by atoms with E-state index in [-0.39, 0.29) is 0 Å². The zero-order chi connectivity index (χ0) is 11.1. The van der Waals surface area contributed by atoms with Gasteiger partial charge < -0.3 is 5.32 Å². The van der Waals surface area contributed by atoms with Crippen LogP contribution in [0.4, 0.5) is 0 Å². The Morgan fingerprint density at radius 3 is 2.87 bits per heavy atom. The first-order chi connectivity index (χ1) is 7.24. The summed E-state index contributed by atoms with van der Waals surface area (Å²) in [6.07, 6.45) is 5.98. The third-order valence-electron chi connectivity index (χ3n) is 2.47. The summed E-state index contributed by atoms with van der Waals surface area (Å²) in [6.45, 7) is 8.07. The van der Waals surface area contributed by atoms with Crippen LogP contribution in [0.2, 0.25) is 0 Å². The molecule has 0 aromatic carbocycles. The topological polar surface area (TPSA) is 24.9 Å². The van der Waals surface area contributed by atoms with Gasteiger partial charge in [-0.15, -0.1) is 6.58 Å². The minimum absolute atomic E-state index is 0.311. The molecule has 1 rings (SSSR count). The van der Waals surface area contributed by atoms with E-state index in [9.17, 15) is 0 Å². The van der Waals surface area contributed by atoms with Crippen molar-refractivity contribution in [2.45, 2.75) is 38.8 Å². The summed E-state index contributed by atoms with van der Waals surface area (Å²) in [5, 5.41) is 3.52. The highest BCUT2D eigenvalue weighted by Gasteiger charge is 2.08. The van der Waals surface area contributed by atoms with E-state index in [1.165, 1.54) is 0 Å². The van der Waals surface area contributed by atoms with Crippen molar-refractivity contribution in [2.24, 2.45) is 0 Å². The van der Waals surface area contributed by atoms with Crippen LogP contribution in [0.25, 0.3) is 0 Å². The van der Waals surface area contributed by atoms with Crippen molar-refractivity contribution < 1.29 is 0 Å². The van der Waals surface area contributed by atoms with Crippen molar-refractivity contribution in [3.63, 3.8) is 0 Å². The lowest BCUT2D eigenvalue weighted by Gasteiger charge is -2.19. The van der Waals surface area contributed by atoms with Gasteiger partial charge in [0.1, 0.15) is 0 Å². The van der Waals surface area contributed by atoms with E-state index in [1.807, 2.05) is 24.4 Å². The van der Waals surface area contributed by atoms with E-state index < -0.39 is 0 Å². The maximum absolute atomic E-state index is 4.33. The Hall–Kier alpha value is -1.15. The van der Waals surface area contributed by atoms with Crippen LogP contribution >= 0.6 is 0 Å². The predicted octanol–water partition coefficient (Wildman–Crippen LogP) is 3.09. The summed E-state index contributed by atoms with van der Waals surface area (Å²) in [7, 11) is 0. The largest absolute Gasteiger partial charge is 0.306 e. The molecule has 1 aromatic heterocycles. The van der Waals surface area contributed by atoms with Crippen LogP contribution in [-0.2, 0) is 0 Å². The number of aromatic nitrogens is 1. The molecule has 1 N–H and O–H groups in total. The number of nitrogens with zero attached hydrogens (tertiary/aromatic N) is 1. The third-order valence-corrected chi connectivity index (χ3v) is 2.47. The molecule has 1 aromatic rings. The van der Waals surface area contributed by atoms with Crippen LogP contribution in [0.15, 0.2) is 37.1 Å². The molecule has 15 heavy (non-hydrogen) atoms. The van der Waals surface area contributed by atoms with E-state index in [1.54, 1.807) is 0 Å². The molecule has 2 unspecified atom stereocenters. The highest BCUT2D eigenvalue weighted by molar-refractivity contribution is 5.07. The second-order valence-electron chi connectivity index (χ2n) is 3.91. The van der Waals surface area contributed by atoms with Crippen LogP contribution in [0.3, 0.4) is 0 Å². The Kier molecular flexibility index (Phi) is 5.05. The number of rotatable bonds is 6. The molecule has 0 radical (unpaired) electrons. The molecule has 0 bridgehead atoms. The Labute approximate surface area is 92.4 Å². The van der Waals surface area contributed by atoms with E-state index >= 15 is 0 Å². The second-order valence-corrected chi connectivity index (χ2v) is 3.91. The van der Waals surface area contributed by atoms with Crippen molar-refractivity contribution in [3.05, 3.63) is 42.7 Å². The van der Waals surface area contributed by atoms with Gasteiger partial charge in [-0.2, -0.15) is 0 Å². The fourth-order valence-corrected chi connectivity index (χ4v) is 1.60. The average molecular weight is 204 g/mol. The molecule has 82 valence electrons. The van der Waals surface area contributed by atoms with Crippen LogP contribution in [0.5, 0.6) is 0 Å². The number of allylic oxidation sites excluding steroid dienone is 1. The lowest BCUT2D eigenvalue weighted by atomic mass is 10.1. The molecule has 0 saturated carbocycles. The molecule has 1 heterocycles. The molecule has 0 spiro atoms. The van der Waals surface area contributed by atoms with Crippen molar-refractivity contribution in [1.82, 2.24) is 10.3 Å². The Morgan fingerprint density at radius 1 is 1.47 bits per heavy atom. The minimum atomic E-state index is 0.311. The van der Waals surface area contributed by atoms with Crippen LogP contribution in [0, 0.1) is 0 Å². The molecule has 0 aliphatic rings. The van der Waals surface area contributed by atoms with Gasteiger partial charge in [-0.3, -0.25) is 4.98 Å². The van der Waals surface area contributed by atoms with Crippen molar-refractivity contribution in [3.8, 4) is 0 Å². The second kappa shape index (κ2) is 6.36. The van der Waals surface area contributed by atoms with Crippen LogP contribution in [-0.4, -0.2) is 11.0 Å². The molecule has 0 fully saturated rings. The van der Waals surface area contributed by atoms with E-state index in [2.05, 4.69) is 36.8 Å². The Morgan fingerprint density at radius 2 is 2.27 bits per heavy atom. The van der Waals surface area contributed by atoms with Gasteiger partial charge in [0.15, 0.2) is 0 Å². The van der Waals surface area contributed by atoms with Gasteiger partial charge >= 0.3 is 0 Å². The lowest BCUT2D eigenvalue weighted by Crippen LogP contribution is -2.29. The van der Waals surface area contributed by atoms with Gasteiger partial charge in [0.2, 0.25) is 0 Å². The summed E-state index contributed by atoms with van der Waals surface area (Å²) >= 11 is 0. The van der Waals surface area contributed by atoms with Gasteiger partial charge in [0, 0.05) is 18.3 Å². The standard InChI is InChI=1S/C13H20N2/c1-4-5-8-11(2)15-12(3)13-9-6-7-10-14-13/h4,6-7,9-12,15H,1,5,8H2,2-3H3. The first-order valence-electron chi connectivity index (χ1n) is 5.52. The summed E-state index contributed by atoms with van der Waals surface area (Å²) < 4.78 is 0. The lowest BCUT2D eigenvalue weighted by molar-refractivity contribution is 0.453. The Balaban J connectivity index is 2.41. The normalized spacial score (nSPS) is 14.5. The highest BCUT2D eigenvalue weighted by atomic mass is 15.0. The molecule has 0 amide bonds. The van der Waals surface area contributed by atoms with Crippen molar-refractivity contribution >= 4 is 0 Å². The molecule has 0 aliphatic carbocycles. The molecule has 2 nitrogen and oxygen atoms in total. The molecule has 0 saturated heterocycles. The van der Waals surface area contributed by atoms with E-state index in [0.29, 0.717) is 12.1 Å². The molecule has 0 aliphatic heterocycles. The van der Waals surface area contributed by atoms with Gasteiger partial charge in [0.25, 0.3) is 0 Å². The first kappa shape index (κ1) is 11.9. The zero-order valence-electron chi connectivity index (χ0n) is 9.61. The monoisotopic (exact) mass is 204 g/mol. The van der Waals surface area contributed by atoms with Crippen LogP contribution < -0.4 is 5.32 Å². The molecule has 2 heteroatoms. The van der Waals surface area contributed by atoms with Gasteiger partial charge in [0.05, 0.1) is 5.69 Å². The summed E-state index contributed by atoms with van der Waals surface area (Å²) in [6, 6.07) is 6.83. The average Bonchev–Trinajstić information content (AvgIpc) is 2.27. The SMILES string of the molecule is C=CCCC(C)NC(C)c1ccccn1. The summed E-state index contributed by atoms with van der Waals surface area (Å²) in [5.41, 5.74) is 1.10. The van der Waals surface area contributed by atoms with Gasteiger partial charge in [-0.25, -0.2) is 0 Å². The van der Waals surface area contributed by atoms with E-state index in [4.69, 9.17) is 0 Å². The minimum Gasteiger partial charge on any atom is -0.306 e. The number of nitrogens with one attached hydrogen (secondary N) is 1. The summed E-state index contributed by atoms with van der Waals surface area (Å²) in [5.74, 6) is 0. The zero-order valence-corrected chi connectivity index (χ0v) is 9.61.